The molecule has 0 aliphatic carbocycles. The van der Waals surface area contributed by atoms with Crippen LogP contribution in [0.3, 0.4) is 0 Å². The first-order valence-electron chi connectivity index (χ1n) is 29.3. The van der Waals surface area contributed by atoms with Crippen LogP contribution in [0.25, 0.3) is 0 Å². The summed E-state index contributed by atoms with van der Waals surface area (Å²) in [5.74, 6) is -6.81. The molecule has 5 N–H and O–H groups in total. The monoisotopic (exact) mass is 1150 g/mol. The molecule has 1 aromatic rings. The summed E-state index contributed by atoms with van der Waals surface area (Å²) in [6.45, 7) is 17.8. The lowest BCUT2D eigenvalue weighted by atomic mass is 9.92. The van der Waals surface area contributed by atoms with Gasteiger partial charge in [-0.3, -0.25) is 38.4 Å². The molecule has 0 aromatic heterocycles. The lowest BCUT2D eigenvalue weighted by Crippen LogP contribution is -2.60. The molecule has 4 heterocycles. The first-order valence-corrected chi connectivity index (χ1v) is 30.3. The number of ether oxygens (including phenoxy) is 3. The molecular formula is C59H92N8O13S. The zero-order chi connectivity index (χ0) is 60.0. The fourth-order valence-electron chi connectivity index (χ4n) is 11.1. The van der Waals surface area contributed by atoms with Crippen molar-refractivity contribution >= 4 is 71.0 Å². The third-order valence-corrected chi connectivity index (χ3v) is 17.9. The maximum atomic E-state index is 15.0. The number of fused-ring (bicyclic) bond motifs is 2. The van der Waals surface area contributed by atoms with E-state index in [1.807, 2.05) is 41.5 Å². The molecule has 452 valence electrons. The Morgan fingerprint density at radius 1 is 0.864 bits per heavy atom. The van der Waals surface area contributed by atoms with Gasteiger partial charge in [0.15, 0.2) is 11.9 Å². The molecule has 4 fully saturated rings. The largest absolute Gasteiger partial charge is 0.497 e. The number of cyclic esters (lactones) is 2. The van der Waals surface area contributed by atoms with Gasteiger partial charge in [-0.15, -0.1) is 0 Å². The molecule has 5 rings (SSSR count). The summed E-state index contributed by atoms with van der Waals surface area (Å²) in [5.41, 5.74) is 0.622. The second kappa shape index (κ2) is 30.4. The Morgan fingerprint density at radius 2 is 1.56 bits per heavy atom. The summed E-state index contributed by atoms with van der Waals surface area (Å²) in [6.07, 6.45) is 0.852. The van der Waals surface area contributed by atoms with Crippen molar-refractivity contribution in [1.82, 2.24) is 41.3 Å². The Labute approximate surface area is 483 Å². The van der Waals surface area contributed by atoms with Crippen molar-refractivity contribution < 1.29 is 62.2 Å². The predicted molar refractivity (Wildman–Crippen MR) is 306 cm³/mol. The standard InChI is InChI=1S/C59H92N8O13S/c1-14-35(8)40-25-26-48(69)80-52(34(6)7)51(70)36(9)53(71)61-41(28-32(2)3)56(74)67-27-17-18-43(67)57(75)66(12)45(30-38-21-23-39(78-13)24-22-38)58(76)79-37(10)49(55(73)60-40)63-54(72)44(29-33(4)5)65(11)47(68)20-16-15-19-46-50-42(31-81-46)62-59(77)64-50/h21-24,32-37,40-46,49-50,52H,14-20,25-31H2,1-13H3,(H,60,73)(H,61,71)(H,63,72)(H2,62,64,77)/t35-,36-,37+,40-,41-,42?,43-,44+,45-,46?,49-,50?,52-/m0/s1. The molecule has 21 nitrogen and oxygen atoms in total. The summed E-state index contributed by atoms with van der Waals surface area (Å²) in [7, 11) is 4.52. The first kappa shape index (κ1) is 65.9. The Kier molecular flexibility index (Phi) is 24.7. The number of esters is 2. The minimum atomic E-state index is -1.57. The van der Waals surface area contributed by atoms with E-state index in [4.69, 9.17) is 14.2 Å². The minimum absolute atomic E-state index is 0.0349. The van der Waals surface area contributed by atoms with Crippen LogP contribution in [0.1, 0.15) is 145 Å². The minimum Gasteiger partial charge on any atom is -0.497 e. The number of urea groups is 1. The third kappa shape index (κ3) is 17.8. The lowest BCUT2D eigenvalue weighted by molar-refractivity contribution is -0.162. The van der Waals surface area contributed by atoms with E-state index in [-0.39, 0.29) is 98.5 Å². The van der Waals surface area contributed by atoms with Crippen LogP contribution in [-0.4, -0.2) is 173 Å². The maximum Gasteiger partial charge on any atom is 0.329 e. The average Bonchev–Trinajstić information content (AvgIpc) is 4.17. The number of unbranched alkanes of at least 4 members (excludes halogenated alkanes) is 1. The van der Waals surface area contributed by atoms with E-state index in [2.05, 4.69) is 26.6 Å². The molecule has 4 aliphatic heterocycles. The van der Waals surface area contributed by atoms with Crippen LogP contribution in [0.15, 0.2) is 24.3 Å². The number of carbonyl (C=O) groups excluding carboxylic acids is 10. The normalized spacial score (nSPS) is 28.3. The van der Waals surface area contributed by atoms with E-state index in [1.54, 1.807) is 56.9 Å². The number of rotatable bonds is 18. The highest BCUT2D eigenvalue weighted by molar-refractivity contribution is 8.00. The van der Waals surface area contributed by atoms with Gasteiger partial charge in [-0.1, -0.05) is 80.4 Å². The number of thioether (sulfide) groups is 1. The molecular weight excluding hydrogens is 1060 g/mol. The Hall–Kier alpha value is -5.93. The van der Waals surface area contributed by atoms with Crippen molar-refractivity contribution in [3.8, 4) is 5.75 Å². The number of hydrogen-bond donors (Lipinski definition) is 5. The van der Waals surface area contributed by atoms with E-state index >= 15 is 0 Å². The van der Waals surface area contributed by atoms with Gasteiger partial charge < -0.3 is 55.5 Å². The van der Waals surface area contributed by atoms with Crippen molar-refractivity contribution in [3.05, 3.63) is 29.8 Å². The van der Waals surface area contributed by atoms with Crippen molar-refractivity contribution in [1.29, 1.82) is 0 Å². The fourth-order valence-corrected chi connectivity index (χ4v) is 12.7. The summed E-state index contributed by atoms with van der Waals surface area (Å²) in [6, 6.07) is -0.00307. The van der Waals surface area contributed by atoms with Crippen molar-refractivity contribution in [2.75, 3.05) is 33.5 Å². The number of amides is 8. The number of ketones is 1. The number of hydrogen-bond acceptors (Lipinski definition) is 14. The van der Waals surface area contributed by atoms with Gasteiger partial charge in [-0.05, 0) is 100 Å². The van der Waals surface area contributed by atoms with Gasteiger partial charge in [0.2, 0.25) is 35.4 Å². The highest BCUT2D eigenvalue weighted by Crippen LogP contribution is 2.34. The topological polar surface area (TPSA) is 268 Å². The summed E-state index contributed by atoms with van der Waals surface area (Å²) < 4.78 is 17.4. The Morgan fingerprint density at radius 3 is 2.19 bits per heavy atom. The number of carbonyl (C=O) groups is 10. The number of Topliss-reactive ketones (excluding diaryl/α,β-unsaturated/α-hetero) is 1. The quantitative estimate of drug-likeness (QED) is 0.0578. The van der Waals surface area contributed by atoms with Crippen LogP contribution >= 0.6 is 11.8 Å². The van der Waals surface area contributed by atoms with Gasteiger partial charge in [0.1, 0.15) is 42.1 Å². The predicted octanol–water partition coefficient (Wildman–Crippen LogP) is 4.70. The molecule has 22 heteroatoms. The molecule has 0 spiro atoms. The molecule has 3 unspecified atom stereocenters. The molecule has 0 bridgehead atoms. The highest BCUT2D eigenvalue weighted by Gasteiger charge is 2.45. The fraction of sp³-hybridized carbons (Fsp3) is 0.729. The molecule has 13 atom stereocenters. The van der Waals surface area contributed by atoms with Crippen LogP contribution in [-0.2, 0) is 59.0 Å². The van der Waals surface area contributed by atoms with Gasteiger partial charge in [-0.25, -0.2) is 9.59 Å². The first-order chi connectivity index (χ1) is 38.3. The second-order valence-electron chi connectivity index (χ2n) is 23.9. The molecule has 8 amide bonds. The van der Waals surface area contributed by atoms with Gasteiger partial charge >= 0.3 is 18.0 Å². The molecule has 0 saturated carbocycles. The SMILES string of the molecule is CC[C@H](C)[C@@H]1CCC(=O)O[C@@H](C(C)C)C(=O)[C@H](C)C(=O)N[C@@H](CC(C)C)C(=O)N2CCC[C@H]2C(=O)N(C)[C@@H](Cc2ccc(OC)cc2)C(=O)O[C@H](C)[C@H](NC(=O)[C@@H](CC(C)C)N(C)C(=O)CCCCC2SCC3NC(=O)NC32)C(=O)N1. The van der Waals surface area contributed by atoms with Crippen LogP contribution in [0.4, 0.5) is 4.79 Å². The van der Waals surface area contributed by atoms with Crippen molar-refractivity contribution in [2.24, 2.45) is 29.6 Å². The van der Waals surface area contributed by atoms with Gasteiger partial charge in [0, 0.05) is 56.9 Å². The van der Waals surface area contributed by atoms with Crippen LogP contribution < -0.4 is 31.3 Å². The van der Waals surface area contributed by atoms with Crippen LogP contribution in [0.2, 0.25) is 0 Å². The molecule has 0 radical (unpaired) electrons. The van der Waals surface area contributed by atoms with Crippen molar-refractivity contribution in [2.45, 2.75) is 212 Å². The number of nitrogens with one attached hydrogen (secondary N) is 5. The number of nitrogens with zero attached hydrogens (tertiary/aromatic N) is 3. The zero-order valence-electron chi connectivity index (χ0n) is 50.0. The summed E-state index contributed by atoms with van der Waals surface area (Å²) in [4.78, 5) is 146. The smallest absolute Gasteiger partial charge is 0.329 e. The average molecular weight is 1150 g/mol. The molecule has 4 saturated heterocycles. The van der Waals surface area contributed by atoms with E-state index < -0.39 is 108 Å². The van der Waals surface area contributed by atoms with Crippen LogP contribution in [0, 0.1) is 29.6 Å². The summed E-state index contributed by atoms with van der Waals surface area (Å²) in [5, 5.41) is 14.8. The van der Waals surface area contributed by atoms with Crippen molar-refractivity contribution in [3.63, 3.8) is 0 Å². The van der Waals surface area contributed by atoms with E-state index in [0.29, 0.717) is 30.6 Å². The number of methoxy groups -OCH3 is 1. The Balaban J connectivity index is 1.52. The second-order valence-corrected chi connectivity index (χ2v) is 25.1. The van der Waals surface area contributed by atoms with Gasteiger partial charge in [0.25, 0.3) is 0 Å². The van der Waals surface area contributed by atoms with E-state index in [1.165, 1.54) is 42.7 Å². The third-order valence-electron chi connectivity index (χ3n) is 16.4. The maximum absolute atomic E-state index is 15.0. The molecule has 4 aliphatic rings. The van der Waals surface area contributed by atoms with Crippen LogP contribution in [0.5, 0.6) is 5.75 Å². The number of likely N-dealkylation sites (N-methyl/N-ethyl adjacent to an activating group) is 2. The van der Waals surface area contributed by atoms with E-state index in [0.717, 1.165) is 18.6 Å². The van der Waals surface area contributed by atoms with Gasteiger partial charge in [0.05, 0.1) is 25.1 Å². The highest BCUT2D eigenvalue weighted by atomic mass is 32.2. The lowest BCUT2D eigenvalue weighted by Gasteiger charge is -2.35. The van der Waals surface area contributed by atoms with E-state index in [9.17, 15) is 47.9 Å². The number of benzene rings is 1. The van der Waals surface area contributed by atoms with Gasteiger partial charge in [-0.2, -0.15) is 11.8 Å². The zero-order valence-corrected chi connectivity index (χ0v) is 50.8. The molecule has 81 heavy (non-hydrogen) atoms. The summed E-state index contributed by atoms with van der Waals surface area (Å²) >= 11 is 1.79. The molecule has 1 aromatic carbocycles. The Bertz CT molecular complexity index is 2390.